The van der Waals surface area contributed by atoms with E-state index in [0.717, 1.165) is 65.8 Å². The molecular formula is C27H31ClN4OS2. The van der Waals surface area contributed by atoms with E-state index in [1.165, 1.54) is 12.8 Å². The molecule has 5 nitrogen and oxygen atoms in total. The van der Waals surface area contributed by atoms with Crippen LogP contribution in [0.15, 0.2) is 53.9 Å². The molecule has 8 heteroatoms. The van der Waals surface area contributed by atoms with Gasteiger partial charge in [0, 0.05) is 47.2 Å². The third-order valence-corrected chi connectivity index (χ3v) is 7.93. The van der Waals surface area contributed by atoms with Crippen LogP contribution in [0.25, 0.3) is 11.1 Å². The molecule has 0 aliphatic carbocycles. The molecule has 1 aliphatic heterocycles. The number of piperidine rings is 1. The second-order valence-electron chi connectivity index (χ2n) is 8.78. The molecule has 1 amide bonds. The molecule has 1 aliphatic rings. The highest BCUT2D eigenvalue weighted by molar-refractivity contribution is 7.80. The number of amides is 1. The number of likely N-dealkylation sites (tertiary alicyclic amines) is 1. The highest BCUT2D eigenvalue weighted by atomic mass is 35.5. The summed E-state index contributed by atoms with van der Waals surface area (Å²) in [6, 6.07) is 15.4. The number of benzene rings is 2. The first-order chi connectivity index (χ1) is 17.0. The van der Waals surface area contributed by atoms with Gasteiger partial charge in [0.1, 0.15) is 5.69 Å². The molecule has 4 rings (SSSR count). The average molecular weight is 527 g/mol. The number of halogens is 1. The van der Waals surface area contributed by atoms with Crippen LogP contribution in [-0.2, 0) is 0 Å². The molecule has 2 N–H and O–H groups in total. The van der Waals surface area contributed by atoms with Crippen LogP contribution in [0.1, 0.15) is 60.4 Å². The maximum Gasteiger partial charge on any atom is 0.275 e. The summed E-state index contributed by atoms with van der Waals surface area (Å²) in [4.78, 5) is 20.0. The van der Waals surface area contributed by atoms with Gasteiger partial charge in [-0.1, -0.05) is 61.7 Å². The lowest BCUT2D eigenvalue weighted by Gasteiger charge is -2.33. The van der Waals surface area contributed by atoms with Gasteiger partial charge in [0.05, 0.1) is 5.01 Å². The normalized spacial score (nSPS) is 14.1. The lowest BCUT2D eigenvalue weighted by Crippen LogP contribution is -2.44. The van der Waals surface area contributed by atoms with E-state index in [1.807, 2.05) is 53.9 Å². The van der Waals surface area contributed by atoms with Crippen molar-refractivity contribution in [3.63, 3.8) is 0 Å². The van der Waals surface area contributed by atoms with Crippen molar-refractivity contribution in [2.24, 2.45) is 0 Å². The molecule has 0 radical (unpaired) electrons. The predicted octanol–water partition coefficient (Wildman–Crippen LogP) is 6.96. The second kappa shape index (κ2) is 12.5. The standard InChI is InChI=1S/C27H31ClN4OS2/c1-2-3-6-15-29-27(34)32-16-13-20(14-17-32)26-31-24(18-35-26)25(33)30-23-8-5-4-7-22(23)19-9-11-21(28)12-10-19/h4-5,7-12,18,20H,2-3,6,13-17H2,1H3,(H,29,34)(H,30,33). The van der Waals surface area contributed by atoms with Crippen molar-refractivity contribution < 1.29 is 4.79 Å². The number of carbonyl (C=O) groups is 1. The van der Waals surface area contributed by atoms with E-state index in [2.05, 4.69) is 22.5 Å². The maximum atomic E-state index is 13.0. The van der Waals surface area contributed by atoms with Gasteiger partial charge in [-0.2, -0.15) is 0 Å². The Balaban J connectivity index is 1.34. The van der Waals surface area contributed by atoms with Crippen molar-refractivity contribution in [2.75, 3.05) is 25.0 Å². The quantitative estimate of drug-likeness (QED) is 0.245. The summed E-state index contributed by atoms with van der Waals surface area (Å²) in [6.45, 7) is 4.98. The molecule has 1 saturated heterocycles. The zero-order valence-electron chi connectivity index (χ0n) is 19.9. The van der Waals surface area contributed by atoms with Crippen molar-refractivity contribution in [2.45, 2.75) is 44.9 Å². The second-order valence-corrected chi connectivity index (χ2v) is 10.5. The number of thiocarbonyl (C=S) groups is 1. The van der Waals surface area contributed by atoms with Crippen LogP contribution in [0, 0.1) is 0 Å². The third-order valence-electron chi connectivity index (χ3n) is 6.27. The maximum absolute atomic E-state index is 13.0. The van der Waals surface area contributed by atoms with Crippen LogP contribution in [0.5, 0.6) is 0 Å². The smallest absolute Gasteiger partial charge is 0.275 e. The Labute approximate surface area is 221 Å². The monoisotopic (exact) mass is 526 g/mol. The molecule has 0 bridgehead atoms. The molecule has 35 heavy (non-hydrogen) atoms. The number of carbonyl (C=O) groups excluding carboxylic acids is 1. The first-order valence-electron chi connectivity index (χ1n) is 12.2. The van der Waals surface area contributed by atoms with Gasteiger partial charge in [-0.25, -0.2) is 4.98 Å². The summed E-state index contributed by atoms with van der Waals surface area (Å²) in [7, 11) is 0. The number of nitrogens with zero attached hydrogens (tertiary/aromatic N) is 2. The first kappa shape index (κ1) is 25.6. The summed E-state index contributed by atoms with van der Waals surface area (Å²) in [5.74, 6) is 0.172. The molecule has 184 valence electrons. The lowest BCUT2D eigenvalue weighted by atomic mass is 9.98. The van der Waals surface area contributed by atoms with E-state index in [-0.39, 0.29) is 5.91 Å². The summed E-state index contributed by atoms with van der Waals surface area (Å²) in [6.07, 6.45) is 5.57. The van der Waals surface area contributed by atoms with E-state index in [0.29, 0.717) is 16.6 Å². The number of rotatable bonds is 8. The van der Waals surface area contributed by atoms with Gasteiger partial charge in [0.2, 0.25) is 0 Å². The van der Waals surface area contributed by atoms with Gasteiger partial charge < -0.3 is 15.5 Å². The van der Waals surface area contributed by atoms with Gasteiger partial charge in [0.25, 0.3) is 5.91 Å². The highest BCUT2D eigenvalue weighted by Gasteiger charge is 2.25. The van der Waals surface area contributed by atoms with Gasteiger partial charge in [-0.3, -0.25) is 4.79 Å². The highest BCUT2D eigenvalue weighted by Crippen LogP contribution is 2.32. The van der Waals surface area contributed by atoms with Crippen molar-refractivity contribution >= 4 is 51.9 Å². The van der Waals surface area contributed by atoms with Crippen molar-refractivity contribution in [1.29, 1.82) is 0 Å². The van der Waals surface area contributed by atoms with Gasteiger partial charge >= 0.3 is 0 Å². The van der Waals surface area contributed by atoms with E-state index in [1.54, 1.807) is 11.3 Å². The van der Waals surface area contributed by atoms with E-state index >= 15 is 0 Å². The number of aromatic nitrogens is 1. The molecule has 1 aromatic heterocycles. The van der Waals surface area contributed by atoms with Crippen LogP contribution < -0.4 is 10.6 Å². The Morgan fingerprint density at radius 2 is 1.89 bits per heavy atom. The average Bonchev–Trinajstić information content (AvgIpc) is 3.38. The van der Waals surface area contributed by atoms with Gasteiger partial charge in [-0.15, -0.1) is 11.3 Å². The topological polar surface area (TPSA) is 57.3 Å². The summed E-state index contributed by atoms with van der Waals surface area (Å²) in [5, 5.41) is 10.9. The summed E-state index contributed by atoms with van der Waals surface area (Å²) in [5.41, 5.74) is 3.16. The van der Waals surface area contributed by atoms with E-state index in [9.17, 15) is 4.79 Å². The van der Waals surface area contributed by atoms with Crippen LogP contribution in [-0.4, -0.2) is 40.5 Å². The molecule has 2 heterocycles. The largest absolute Gasteiger partial charge is 0.363 e. The minimum Gasteiger partial charge on any atom is -0.363 e. The Kier molecular flexibility index (Phi) is 9.12. The first-order valence-corrected chi connectivity index (χ1v) is 13.9. The molecule has 0 spiro atoms. The molecular weight excluding hydrogens is 496 g/mol. The van der Waals surface area contributed by atoms with Crippen molar-refractivity contribution in [3.05, 3.63) is 69.6 Å². The fourth-order valence-corrected chi connectivity index (χ4v) is 5.63. The minimum atomic E-state index is -0.191. The summed E-state index contributed by atoms with van der Waals surface area (Å²) < 4.78 is 0. The molecule has 1 fully saturated rings. The van der Waals surface area contributed by atoms with E-state index in [4.69, 9.17) is 28.8 Å². The summed E-state index contributed by atoms with van der Waals surface area (Å²) >= 11 is 13.2. The van der Waals surface area contributed by atoms with Crippen molar-refractivity contribution in [1.82, 2.24) is 15.2 Å². The van der Waals surface area contributed by atoms with Gasteiger partial charge in [0.15, 0.2) is 5.11 Å². The zero-order chi connectivity index (χ0) is 24.6. The van der Waals surface area contributed by atoms with E-state index < -0.39 is 0 Å². The Morgan fingerprint density at radius 1 is 1.14 bits per heavy atom. The fourth-order valence-electron chi connectivity index (χ4n) is 4.25. The van der Waals surface area contributed by atoms with Crippen LogP contribution in [0.3, 0.4) is 0 Å². The number of thiazole rings is 1. The predicted molar refractivity (Wildman–Crippen MR) is 151 cm³/mol. The number of para-hydroxylation sites is 1. The van der Waals surface area contributed by atoms with Crippen LogP contribution >= 0.6 is 35.2 Å². The number of unbranched alkanes of at least 4 members (excludes halogenated alkanes) is 2. The molecule has 2 aromatic carbocycles. The fraction of sp³-hybridized carbons (Fsp3) is 0.370. The van der Waals surface area contributed by atoms with Crippen molar-refractivity contribution in [3.8, 4) is 11.1 Å². The molecule has 0 atom stereocenters. The third kappa shape index (κ3) is 6.81. The van der Waals surface area contributed by atoms with Crippen LogP contribution in [0.4, 0.5) is 5.69 Å². The molecule has 0 saturated carbocycles. The number of anilines is 1. The zero-order valence-corrected chi connectivity index (χ0v) is 22.3. The molecule has 0 unspecified atom stereocenters. The minimum absolute atomic E-state index is 0.191. The van der Waals surface area contributed by atoms with Gasteiger partial charge in [-0.05, 0) is 55.2 Å². The lowest BCUT2D eigenvalue weighted by molar-refractivity contribution is 0.102. The Bertz CT molecular complexity index is 1140. The number of hydrogen-bond donors (Lipinski definition) is 2. The van der Waals surface area contributed by atoms with Crippen LogP contribution in [0.2, 0.25) is 5.02 Å². The Morgan fingerprint density at radius 3 is 2.63 bits per heavy atom. The number of hydrogen-bond acceptors (Lipinski definition) is 4. The Hall–Kier alpha value is -2.48. The number of nitrogens with one attached hydrogen (secondary N) is 2. The molecule has 3 aromatic rings. The SMILES string of the molecule is CCCCCNC(=S)N1CCC(c2nc(C(=O)Nc3ccccc3-c3ccc(Cl)cc3)cs2)CC1.